The lowest BCUT2D eigenvalue weighted by atomic mass is 9.98. The van der Waals surface area contributed by atoms with Crippen molar-refractivity contribution < 1.29 is 14.6 Å². The normalized spacial score (nSPS) is 12.4. The Morgan fingerprint density at radius 3 is 2.29 bits per heavy atom. The Morgan fingerprint density at radius 1 is 1.07 bits per heavy atom. The van der Waals surface area contributed by atoms with Gasteiger partial charge in [-0.2, -0.15) is 0 Å². The molecule has 2 N–H and O–H groups in total. The number of aliphatic hydroxyl groups excluding tert-OH is 1. The number of aryl methyl sites for hydroxylation is 1. The smallest absolute Gasteiger partial charge is 0.411 e. The van der Waals surface area contributed by atoms with E-state index in [0.717, 1.165) is 16.7 Å². The highest BCUT2D eigenvalue weighted by atomic mass is 35.5. The first-order valence-electron chi connectivity index (χ1n) is 9.10. The van der Waals surface area contributed by atoms with Crippen molar-refractivity contribution in [2.75, 3.05) is 11.9 Å². The maximum atomic E-state index is 12.5. The van der Waals surface area contributed by atoms with Gasteiger partial charge in [0, 0.05) is 16.5 Å². The Labute approximate surface area is 168 Å². The number of halogens is 1. The van der Waals surface area contributed by atoms with Crippen LogP contribution in [0.15, 0.2) is 60.7 Å². The number of carbonyl (C=O) groups excluding carboxylic acids is 1. The number of aliphatic hydroxyl groups is 1. The summed E-state index contributed by atoms with van der Waals surface area (Å²) in [5.74, 6) is 0.00165. The number of rotatable bonds is 4. The molecule has 0 bridgehead atoms. The molecule has 0 aliphatic heterocycles. The Morgan fingerprint density at radius 2 is 1.68 bits per heavy atom. The van der Waals surface area contributed by atoms with E-state index in [-0.39, 0.29) is 19.1 Å². The van der Waals surface area contributed by atoms with E-state index < -0.39 is 6.09 Å². The minimum Gasteiger partial charge on any atom is -0.448 e. The van der Waals surface area contributed by atoms with Crippen molar-refractivity contribution in [3.63, 3.8) is 0 Å². The first kappa shape index (κ1) is 18.5. The molecule has 4 rings (SSSR count). The SMILES string of the molecule is Cc1cc(Cl)cc(CO)c1NC(=O)OCC1c2ccccc2-c2ccccc21. The summed E-state index contributed by atoms with van der Waals surface area (Å²) < 4.78 is 5.56. The zero-order chi connectivity index (χ0) is 19.7. The molecule has 0 saturated carbocycles. The maximum absolute atomic E-state index is 12.5. The molecular weight excluding hydrogens is 374 g/mol. The average molecular weight is 394 g/mol. The van der Waals surface area contributed by atoms with Crippen molar-refractivity contribution >= 4 is 23.4 Å². The van der Waals surface area contributed by atoms with E-state index >= 15 is 0 Å². The molecule has 0 atom stereocenters. The van der Waals surface area contributed by atoms with Crippen molar-refractivity contribution in [3.05, 3.63) is 87.9 Å². The van der Waals surface area contributed by atoms with E-state index in [2.05, 4.69) is 29.6 Å². The highest BCUT2D eigenvalue weighted by Crippen LogP contribution is 2.44. The second-order valence-electron chi connectivity index (χ2n) is 6.87. The van der Waals surface area contributed by atoms with Gasteiger partial charge in [0.2, 0.25) is 0 Å². The van der Waals surface area contributed by atoms with Crippen LogP contribution >= 0.6 is 11.6 Å². The van der Waals surface area contributed by atoms with Crippen LogP contribution in [0, 0.1) is 6.92 Å². The molecule has 0 unspecified atom stereocenters. The van der Waals surface area contributed by atoms with Crippen molar-refractivity contribution in [1.29, 1.82) is 0 Å². The zero-order valence-electron chi connectivity index (χ0n) is 15.4. The van der Waals surface area contributed by atoms with Crippen LogP contribution in [-0.2, 0) is 11.3 Å². The number of anilines is 1. The van der Waals surface area contributed by atoms with Gasteiger partial charge in [0.15, 0.2) is 0 Å². The Hall–Kier alpha value is -2.82. The molecule has 1 aliphatic carbocycles. The van der Waals surface area contributed by atoms with E-state index in [9.17, 15) is 9.90 Å². The molecule has 142 valence electrons. The standard InChI is InChI=1S/C23H20ClNO3/c1-14-10-16(24)11-15(12-26)22(14)25-23(27)28-13-21-19-8-4-2-6-17(19)18-7-3-5-9-20(18)21/h2-11,21,26H,12-13H2,1H3,(H,25,27). The minimum atomic E-state index is -0.554. The first-order chi connectivity index (χ1) is 13.6. The van der Waals surface area contributed by atoms with Gasteiger partial charge in [-0.1, -0.05) is 60.1 Å². The van der Waals surface area contributed by atoms with E-state index in [1.54, 1.807) is 12.1 Å². The second-order valence-corrected chi connectivity index (χ2v) is 7.30. The van der Waals surface area contributed by atoms with Crippen LogP contribution in [0.25, 0.3) is 11.1 Å². The van der Waals surface area contributed by atoms with E-state index in [1.165, 1.54) is 11.1 Å². The van der Waals surface area contributed by atoms with Gasteiger partial charge in [-0.3, -0.25) is 5.32 Å². The van der Waals surface area contributed by atoms with Gasteiger partial charge in [0.25, 0.3) is 0 Å². The molecule has 1 aliphatic rings. The van der Waals surface area contributed by atoms with Crippen LogP contribution in [0.3, 0.4) is 0 Å². The fraction of sp³-hybridized carbons (Fsp3) is 0.174. The van der Waals surface area contributed by atoms with Crippen LogP contribution in [0.1, 0.15) is 28.2 Å². The summed E-state index contributed by atoms with van der Waals surface area (Å²) in [7, 11) is 0. The number of ether oxygens (including phenoxy) is 1. The maximum Gasteiger partial charge on any atom is 0.411 e. The highest BCUT2D eigenvalue weighted by molar-refractivity contribution is 6.30. The van der Waals surface area contributed by atoms with Gasteiger partial charge in [-0.25, -0.2) is 4.79 Å². The molecule has 0 saturated heterocycles. The largest absolute Gasteiger partial charge is 0.448 e. The molecule has 0 fully saturated rings. The van der Waals surface area contributed by atoms with E-state index in [0.29, 0.717) is 16.3 Å². The summed E-state index contributed by atoms with van der Waals surface area (Å²) in [6.45, 7) is 1.84. The summed E-state index contributed by atoms with van der Waals surface area (Å²) in [5, 5.41) is 12.8. The number of hydrogen-bond acceptors (Lipinski definition) is 3. The predicted molar refractivity (Wildman–Crippen MR) is 111 cm³/mol. The van der Waals surface area contributed by atoms with Crippen molar-refractivity contribution in [2.45, 2.75) is 19.4 Å². The van der Waals surface area contributed by atoms with Gasteiger partial charge in [-0.05, 0) is 46.9 Å². The van der Waals surface area contributed by atoms with Crippen LogP contribution < -0.4 is 5.32 Å². The average Bonchev–Trinajstić information content (AvgIpc) is 3.02. The quantitative estimate of drug-likeness (QED) is 0.615. The molecule has 0 spiro atoms. The number of amides is 1. The summed E-state index contributed by atoms with van der Waals surface area (Å²) in [6.07, 6.45) is -0.554. The lowest BCUT2D eigenvalue weighted by Gasteiger charge is -2.16. The number of nitrogens with one attached hydrogen (secondary N) is 1. The summed E-state index contributed by atoms with van der Waals surface area (Å²) in [4.78, 5) is 12.5. The molecule has 5 heteroatoms. The fourth-order valence-corrected chi connectivity index (χ4v) is 4.15. The van der Waals surface area contributed by atoms with Gasteiger partial charge in [0.1, 0.15) is 6.61 Å². The number of fused-ring (bicyclic) bond motifs is 3. The molecule has 3 aromatic carbocycles. The molecule has 28 heavy (non-hydrogen) atoms. The molecule has 3 aromatic rings. The summed E-state index contributed by atoms with van der Waals surface area (Å²) >= 11 is 6.03. The van der Waals surface area contributed by atoms with Gasteiger partial charge in [0.05, 0.1) is 12.3 Å². The third-order valence-electron chi connectivity index (χ3n) is 5.12. The summed E-state index contributed by atoms with van der Waals surface area (Å²) in [6, 6.07) is 19.8. The third kappa shape index (κ3) is 3.37. The molecule has 4 nitrogen and oxygen atoms in total. The van der Waals surface area contributed by atoms with E-state index in [1.807, 2.05) is 31.2 Å². The van der Waals surface area contributed by atoms with Crippen molar-refractivity contribution in [1.82, 2.24) is 0 Å². The summed E-state index contributed by atoms with van der Waals surface area (Å²) in [5.41, 5.74) is 6.55. The van der Waals surface area contributed by atoms with Crippen molar-refractivity contribution in [2.24, 2.45) is 0 Å². The zero-order valence-corrected chi connectivity index (χ0v) is 16.2. The molecule has 0 radical (unpaired) electrons. The van der Waals surface area contributed by atoms with Gasteiger partial charge < -0.3 is 9.84 Å². The molecule has 0 aromatic heterocycles. The fourth-order valence-electron chi connectivity index (χ4n) is 3.85. The minimum absolute atomic E-state index is 0.00165. The van der Waals surface area contributed by atoms with Crippen molar-refractivity contribution in [3.8, 4) is 11.1 Å². The van der Waals surface area contributed by atoms with Gasteiger partial charge in [-0.15, -0.1) is 0 Å². The van der Waals surface area contributed by atoms with Crippen LogP contribution in [-0.4, -0.2) is 17.8 Å². The first-order valence-corrected chi connectivity index (χ1v) is 9.48. The van der Waals surface area contributed by atoms with Crippen LogP contribution in [0.4, 0.5) is 10.5 Å². The number of hydrogen-bond donors (Lipinski definition) is 2. The Kier molecular flexibility index (Phi) is 5.07. The van der Waals surface area contributed by atoms with Crippen LogP contribution in [0.2, 0.25) is 5.02 Å². The predicted octanol–water partition coefficient (Wildman–Crippen LogP) is 5.50. The third-order valence-corrected chi connectivity index (χ3v) is 5.34. The number of carbonyl (C=O) groups is 1. The van der Waals surface area contributed by atoms with Gasteiger partial charge >= 0.3 is 6.09 Å². The highest BCUT2D eigenvalue weighted by Gasteiger charge is 2.29. The lowest BCUT2D eigenvalue weighted by molar-refractivity contribution is 0.158. The topological polar surface area (TPSA) is 58.6 Å². The Balaban J connectivity index is 1.52. The monoisotopic (exact) mass is 393 g/mol. The van der Waals surface area contributed by atoms with E-state index in [4.69, 9.17) is 16.3 Å². The van der Waals surface area contributed by atoms with Crippen LogP contribution in [0.5, 0.6) is 0 Å². The Bertz CT molecular complexity index is 1000. The number of benzene rings is 3. The molecule has 1 amide bonds. The lowest BCUT2D eigenvalue weighted by Crippen LogP contribution is -2.19. The second kappa shape index (κ2) is 7.66. The molecular formula is C23H20ClNO3. The molecule has 0 heterocycles.